The molecule has 1 atom stereocenters. The summed E-state index contributed by atoms with van der Waals surface area (Å²) in [5.41, 5.74) is 7.46. The van der Waals surface area contributed by atoms with Crippen molar-refractivity contribution in [2.75, 3.05) is 17.7 Å². The largest absolute Gasteiger partial charge is 0.399 e. The van der Waals surface area contributed by atoms with Gasteiger partial charge in [0, 0.05) is 17.9 Å². The first-order valence-electron chi connectivity index (χ1n) is 5.27. The van der Waals surface area contributed by atoms with Crippen LogP contribution in [0.2, 0.25) is 0 Å². The van der Waals surface area contributed by atoms with Gasteiger partial charge in [-0.3, -0.25) is 4.79 Å². The molecule has 1 unspecified atom stereocenters. The fourth-order valence-electron chi connectivity index (χ4n) is 1.42. The molecule has 1 aromatic carbocycles. The number of anilines is 1. The third-order valence-electron chi connectivity index (χ3n) is 2.32. The van der Waals surface area contributed by atoms with Crippen LogP contribution in [0, 0.1) is 0 Å². The third kappa shape index (κ3) is 4.14. The second-order valence-corrected chi connectivity index (χ2v) is 4.69. The highest BCUT2D eigenvalue weighted by molar-refractivity contribution is 7.98. The lowest BCUT2D eigenvalue weighted by Gasteiger charge is -2.14. The van der Waals surface area contributed by atoms with E-state index < -0.39 is 0 Å². The maximum atomic E-state index is 11.5. The summed E-state index contributed by atoms with van der Waals surface area (Å²) in [5, 5.41) is 2.95. The number of hydrogen-bond donors (Lipinski definition) is 2. The zero-order valence-electron chi connectivity index (χ0n) is 9.69. The normalized spacial score (nSPS) is 12.1. The van der Waals surface area contributed by atoms with Crippen molar-refractivity contribution >= 4 is 23.4 Å². The van der Waals surface area contributed by atoms with E-state index in [-0.39, 0.29) is 11.9 Å². The van der Waals surface area contributed by atoms with Crippen LogP contribution in [0.5, 0.6) is 0 Å². The molecule has 1 amide bonds. The van der Waals surface area contributed by atoms with Gasteiger partial charge in [0.15, 0.2) is 0 Å². The number of rotatable bonds is 5. The van der Waals surface area contributed by atoms with E-state index in [1.54, 1.807) is 11.8 Å². The number of carbonyl (C=O) groups is 1. The number of nitrogens with one attached hydrogen (secondary N) is 1. The van der Waals surface area contributed by atoms with E-state index in [2.05, 4.69) is 5.32 Å². The molecule has 0 aliphatic carbocycles. The molecular weight excluding hydrogens is 220 g/mol. The lowest BCUT2D eigenvalue weighted by molar-refractivity contribution is -0.121. The highest BCUT2D eigenvalue weighted by Gasteiger charge is 2.08. The molecule has 0 fully saturated rings. The van der Waals surface area contributed by atoms with E-state index >= 15 is 0 Å². The summed E-state index contributed by atoms with van der Waals surface area (Å²) in [6.45, 7) is 1.96. The van der Waals surface area contributed by atoms with Gasteiger partial charge in [-0.1, -0.05) is 12.1 Å². The SMILES string of the molecule is CSCCC(=O)NC(C)c1cccc(N)c1. The number of carbonyl (C=O) groups excluding carboxylic acids is 1. The van der Waals surface area contributed by atoms with Crippen molar-refractivity contribution in [2.24, 2.45) is 0 Å². The Hall–Kier alpha value is -1.16. The van der Waals surface area contributed by atoms with Crippen LogP contribution < -0.4 is 11.1 Å². The lowest BCUT2D eigenvalue weighted by atomic mass is 10.1. The molecule has 0 radical (unpaired) electrons. The highest BCUT2D eigenvalue weighted by atomic mass is 32.2. The predicted molar refractivity (Wildman–Crippen MR) is 70.4 cm³/mol. The van der Waals surface area contributed by atoms with Crippen molar-refractivity contribution in [3.63, 3.8) is 0 Å². The van der Waals surface area contributed by atoms with Crippen LogP contribution >= 0.6 is 11.8 Å². The van der Waals surface area contributed by atoms with Crippen LogP contribution in [0.1, 0.15) is 24.9 Å². The van der Waals surface area contributed by atoms with E-state index in [4.69, 9.17) is 5.73 Å². The molecular formula is C12H18N2OS. The summed E-state index contributed by atoms with van der Waals surface area (Å²) in [4.78, 5) is 11.5. The summed E-state index contributed by atoms with van der Waals surface area (Å²) in [5.74, 6) is 0.944. The summed E-state index contributed by atoms with van der Waals surface area (Å²) in [6.07, 6.45) is 2.56. The van der Waals surface area contributed by atoms with Crippen molar-refractivity contribution in [3.05, 3.63) is 29.8 Å². The lowest BCUT2D eigenvalue weighted by Crippen LogP contribution is -2.26. The maximum Gasteiger partial charge on any atom is 0.221 e. The zero-order valence-corrected chi connectivity index (χ0v) is 10.5. The molecule has 1 aromatic rings. The van der Waals surface area contributed by atoms with Crippen molar-refractivity contribution in [2.45, 2.75) is 19.4 Å². The van der Waals surface area contributed by atoms with Gasteiger partial charge < -0.3 is 11.1 Å². The van der Waals surface area contributed by atoms with E-state index in [0.717, 1.165) is 17.0 Å². The molecule has 16 heavy (non-hydrogen) atoms. The van der Waals surface area contributed by atoms with Crippen LogP contribution in [0.4, 0.5) is 5.69 Å². The average Bonchev–Trinajstić information content (AvgIpc) is 2.26. The predicted octanol–water partition coefficient (Wildman–Crippen LogP) is 2.20. The van der Waals surface area contributed by atoms with Crippen LogP contribution in [0.15, 0.2) is 24.3 Å². The maximum absolute atomic E-state index is 11.5. The Kier molecular flexibility index (Phi) is 5.19. The molecule has 0 aromatic heterocycles. The first-order chi connectivity index (χ1) is 7.63. The number of benzene rings is 1. The van der Waals surface area contributed by atoms with Gasteiger partial charge in [0.2, 0.25) is 5.91 Å². The first-order valence-corrected chi connectivity index (χ1v) is 6.66. The molecule has 0 saturated heterocycles. The molecule has 0 spiro atoms. The van der Waals surface area contributed by atoms with Gasteiger partial charge in [-0.2, -0.15) is 11.8 Å². The molecule has 0 aliphatic heterocycles. The van der Waals surface area contributed by atoms with Gasteiger partial charge in [0.25, 0.3) is 0 Å². The van der Waals surface area contributed by atoms with Crippen LogP contribution in [-0.4, -0.2) is 17.9 Å². The molecule has 1 rings (SSSR count). The quantitative estimate of drug-likeness (QED) is 0.773. The van der Waals surface area contributed by atoms with Crippen molar-refractivity contribution < 1.29 is 4.79 Å². The summed E-state index contributed by atoms with van der Waals surface area (Å²) in [7, 11) is 0. The number of nitrogens with two attached hydrogens (primary N) is 1. The molecule has 0 aliphatic rings. The second-order valence-electron chi connectivity index (χ2n) is 3.70. The Balaban J connectivity index is 2.52. The van der Waals surface area contributed by atoms with E-state index in [1.165, 1.54) is 0 Å². The molecule has 0 saturated carbocycles. The van der Waals surface area contributed by atoms with Crippen LogP contribution in [-0.2, 0) is 4.79 Å². The Morgan fingerprint density at radius 2 is 2.31 bits per heavy atom. The monoisotopic (exact) mass is 238 g/mol. The van der Waals surface area contributed by atoms with Crippen molar-refractivity contribution in [3.8, 4) is 0 Å². The number of amides is 1. The van der Waals surface area contributed by atoms with Gasteiger partial charge in [-0.15, -0.1) is 0 Å². The summed E-state index contributed by atoms with van der Waals surface area (Å²) in [6, 6.07) is 7.61. The smallest absolute Gasteiger partial charge is 0.221 e. The molecule has 88 valence electrons. The number of nitrogen functional groups attached to an aromatic ring is 1. The van der Waals surface area contributed by atoms with Gasteiger partial charge in [0.05, 0.1) is 6.04 Å². The Morgan fingerprint density at radius 1 is 1.56 bits per heavy atom. The standard InChI is InChI=1S/C12H18N2OS/c1-9(14-12(15)6-7-16-2)10-4-3-5-11(13)8-10/h3-5,8-9H,6-7,13H2,1-2H3,(H,14,15). The Labute approximate surface area is 101 Å². The van der Waals surface area contributed by atoms with Crippen LogP contribution in [0.25, 0.3) is 0 Å². The minimum atomic E-state index is 0.0119. The number of thioether (sulfide) groups is 1. The molecule has 3 N–H and O–H groups in total. The van der Waals surface area contributed by atoms with Gasteiger partial charge >= 0.3 is 0 Å². The molecule has 0 bridgehead atoms. The van der Waals surface area contributed by atoms with Gasteiger partial charge in [-0.05, 0) is 30.9 Å². The van der Waals surface area contributed by atoms with Crippen LogP contribution in [0.3, 0.4) is 0 Å². The topological polar surface area (TPSA) is 55.1 Å². The Bertz CT molecular complexity index is 355. The highest BCUT2D eigenvalue weighted by Crippen LogP contribution is 2.15. The number of hydrogen-bond acceptors (Lipinski definition) is 3. The van der Waals surface area contributed by atoms with Crippen molar-refractivity contribution in [1.82, 2.24) is 5.32 Å². The minimum absolute atomic E-state index is 0.0119. The Morgan fingerprint density at radius 3 is 2.94 bits per heavy atom. The fourth-order valence-corrected chi connectivity index (χ4v) is 1.81. The zero-order chi connectivity index (χ0) is 12.0. The first kappa shape index (κ1) is 12.9. The van der Waals surface area contributed by atoms with Gasteiger partial charge in [-0.25, -0.2) is 0 Å². The van der Waals surface area contributed by atoms with Gasteiger partial charge in [0.1, 0.15) is 0 Å². The molecule has 0 heterocycles. The summed E-state index contributed by atoms with van der Waals surface area (Å²) >= 11 is 1.67. The average molecular weight is 238 g/mol. The molecule has 4 heteroatoms. The minimum Gasteiger partial charge on any atom is -0.399 e. The molecule has 3 nitrogen and oxygen atoms in total. The van der Waals surface area contributed by atoms with E-state index in [0.29, 0.717) is 6.42 Å². The van der Waals surface area contributed by atoms with E-state index in [1.807, 2.05) is 37.4 Å². The third-order valence-corrected chi connectivity index (χ3v) is 2.93. The van der Waals surface area contributed by atoms with E-state index in [9.17, 15) is 4.79 Å². The summed E-state index contributed by atoms with van der Waals surface area (Å²) < 4.78 is 0. The van der Waals surface area contributed by atoms with Crippen molar-refractivity contribution in [1.29, 1.82) is 0 Å². The second kappa shape index (κ2) is 6.43. The fraction of sp³-hybridized carbons (Fsp3) is 0.417.